The largest absolute Gasteiger partial charge is 0.311 e. The molecule has 22 heavy (non-hydrogen) atoms. The van der Waals surface area contributed by atoms with Gasteiger partial charge in [-0.3, -0.25) is 9.48 Å². The SMILES string of the molecule is Cc1nn(C)c2c1[C@@H](c1ccc(CC(C)C)cc1)CC(=O)N2. The summed E-state index contributed by atoms with van der Waals surface area (Å²) in [6.07, 6.45) is 1.58. The number of anilines is 1. The molecular weight excluding hydrogens is 274 g/mol. The Balaban J connectivity index is 1.97. The summed E-state index contributed by atoms with van der Waals surface area (Å²) in [6.45, 7) is 6.46. The van der Waals surface area contributed by atoms with Crippen LogP contribution in [0.2, 0.25) is 0 Å². The number of aryl methyl sites for hydroxylation is 2. The molecule has 1 amide bonds. The summed E-state index contributed by atoms with van der Waals surface area (Å²) >= 11 is 0. The van der Waals surface area contributed by atoms with Crippen LogP contribution in [0.5, 0.6) is 0 Å². The van der Waals surface area contributed by atoms with Crippen LogP contribution < -0.4 is 5.32 Å². The second-order valence-corrected chi connectivity index (χ2v) is 6.62. The second-order valence-electron chi connectivity index (χ2n) is 6.62. The Morgan fingerprint density at radius 1 is 1.32 bits per heavy atom. The van der Waals surface area contributed by atoms with Crippen molar-refractivity contribution in [1.82, 2.24) is 9.78 Å². The third kappa shape index (κ3) is 2.65. The first kappa shape index (κ1) is 14.8. The van der Waals surface area contributed by atoms with Crippen LogP contribution in [0.15, 0.2) is 24.3 Å². The minimum atomic E-state index is 0.0618. The molecule has 1 aromatic heterocycles. The highest BCUT2D eigenvalue weighted by Gasteiger charge is 2.31. The fourth-order valence-corrected chi connectivity index (χ4v) is 3.35. The normalized spacial score (nSPS) is 17.5. The van der Waals surface area contributed by atoms with Crippen molar-refractivity contribution in [3.05, 3.63) is 46.6 Å². The van der Waals surface area contributed by atoms with E-state index >= 15 is 0 Å². The maximum Gasteiger partial charge on any atom is 0.226 e. The van der Waals surface area contributed by atoms with E-state index in [2.05, 4.69) is 48.5 Å². The fourth-order valence-electron chi connectivity index (χ4n) is 3.35. The van der Waals surface area contributed by atoms with Crippen molar-refractivity contribution in [3.8, 4) is 0 Å². The van der Waals surface area contributed by atoms with Crippen LogP contribution >= 0.6 is 0 Å². The molecule has 1 atom stereocenters. The zero-order valence-corrected chi connectivity index (χ0v) is 13.7. The Kier molecular flexibility index (Phi) is 3.77. The molecule has 4 heteroatoms. The lowest BCUT2D eigenvalue weighted by molar-refractivity contribution is -0.116. The molecule has 0 bridgehead atoms. The summed E-state index contributed by atoms with van der Waals surface area (Å²) in [4.78, 5) is 12.0. The van der Waals surface area contributed by atoms with E-state index in [-0.39, 0.29) is 11.8 Å². The van der Waals surface area contributed by atoms with E-state index in [4.69, 9.17) is 0 Å². The number of fused-ring (bicyclic) bond motifs is 1. The Hall–Kier alpha value is -2.10. The summed E-state index contributed by atoms with van der Waals surface area (Å²) in [7, 11) is 1.88. The minimum absolute atomic E-state index is 0.0618. The molecule has 2 heterocycles. The highest BCUT2D eigenvalue weighted by atomic mass is 16.1. The molecule has 0 aliphatic carbocycles. The van der Waals surface area contributed by atoms with Crippen LogP contribution in [-0.4, -0.2) is 15.7 Å². The van der Waals surface area contributed by atoms with Crippen molar-refractivity contribution in [3.63, 3.8) is 0 Å². The van der Waals surface area contributed by atoms with Gasteiger partial charge >= 0.3 is 0 Å². The molecule has 1 aromatic carbocycles. The van der Waals surface area contributed by atoms with E-state index in [0.717, 1.165) is 23.5 Å². The van der Waals surface area contributed by atoms with Crippen molar-refractivity contribution >= 4 is 11.7 Å². The topological polar surface area (TPSA) is 46.9 Å². The highest BCUT2D eigenvalue weighted by molar-refractivity contribution is 5.94. The molecule has 116 valence electrons. The maximum absolute atomic E-state index is 12.0. The van der Waals surface area contributed by atoms with Gasteiger partial charge in [-0.2, -0.15) is 5.10 Å². The number of hydrogen-bond acceptors (Lipinski definition) is 2. The first-order valence-electron chi connectivity index (χ1n) is 7.88. The number of carbonyl (C=O) groups is 1. The van der Waals surface area contributed by atoms with Crippen LogP contribution in [0, 0.1) is 12.8 Å². The van der Waals surface area contributed by atoms with Crippen LogP contribution in [0.1, 0.15) is 48.6 Å². The monoisotopic (exact) mass is 297 g/mol. The van der Waals surface area contributed by atoms with Crippen LogP contribution in [0.4, 0.5) is 5.82 Å². The molecule has 1 aliphatic heterocycles. The van der Waals surface area contributed by atoms with Crippen LogP contribution in [-0.2, 0) is 18.3 Å². The molecular formula is C18H23N3O. The number of amides is 1. The minimum Gasteiger partial charge on any atom is -0.311 e. The molecule has 0 unspecified atom stereocenters. The summed E-state index contributed by atoms with van der Waals surface area (Å²) in [5, 5.41) is 7.41. The molecule has 0 radical (unpaired) electrons. The second kappa shape index (κ2) is 5.59. The number of nitrogens with one attached hydrogen (secondary N) is 1. The van der Waals surface area contributed by atoms with Crippen molar-refractivity contribution in [1.29, 1.82) is 0 Å². The van der Waals surface area contributed by atoms with Crippen molar-refractivity contribution < 1.29 is 4.79 Å². The number of benzene rings is 1. The van der Waals surface area contributed by atoms with Gasteiger partial charge in [-0.05, 0) is 30.4 Å². The molecule has 0 saturated heterocycles. The number of carbonyl (C=O) groups excluding carboxylic acids is 1. The first-order valence-corrected chi connectivity index (χ1v) is 7.88. The zero-order chi connectivity index (χ0) is 15.9. The summed E-state index contributed by atoms with van der Waals surface area (Å²) < 4.78 is 1.77. The number of rotatable bonds is 3. The summed E-state index contributed by atoms with van der Waals surface area (Å²) in [5.41, 5.74) is 4.69. The highest BCUT2D eigenvalue weighted by Crippen LogP contribution is 2.38. The summed E-state index contributed by atoms with van der Waals surface area (Å²) in [6, 6.07) is 8.70. The molecule has 2 aromatic rings. The van der Waals surface area contributed by atoms with Gasteiger partial charge in [0.1, 0.15) is 5.82 Å². The smallest absolute Gasteiger partial charge is 0.226 e. The number of aromatic nitrogens is 2. The van der Waals surface area contributed by atoms with Gasteiger partial charge < -0.3 is 5.32 Å². The van der Waals surface area contributed by atoms with Crippen molar-refractivity contribution in [2.24, 2.45) is 13.0 Å². The molecule has 4 nitrogen and oxygen atoms in total. The van der Waals surface area contributed by atoms with E-state index in [0.29, 0.717) is 12.3 Å². The van der Waals surface area contributed by atoms with Gasteiger partial charge in [0, 0.05) is 24.9 Å². The molecule has 1 N–H and O–H groups in total. The Bertz CT molecular complexity index is 698. The van der Waals surface area contributed by atoms with E-state index in [1.807, 2.05) is 14.0 Å². The Morgan fingerprint density at radius 2 is 2.00 bits per heavy atom. The van der Waals surface area contributed by atoms with Crippen LogP contribution in [0.25, 0.3) is 0 Å². The van der Waals surface area contributed by atoms with Gasteiger partial charge in [0.15, 0.2) is 0 Å². The lowest BCUT2D eigenvalue weighted by Crippen LogP contribution is -2.24. The first-order chi connectivity index (χ1) is 10.5. The quantitative estimate of drug-likeness (QED) is 0.944. The Morgan fingerprint density at radius 3 is 2.64 bits per heavy atom. The molecule has 0 saturated carbocycles. The van der Waals surface area contributed by atoms with E-state index in [9.17, 15) is 4.79 Å². The average Bonchev–Trinajstić information content (AvgIpc) is 2.73. The molecule has 0 spiro atoms. The fraction of sp³-hybridized carbons (Fsp3) is 0.444. The van der Waals surface area contributed by atoms with E-state index in [1.54, 1.807) is 4.68 Å². The lowest BCUT2D eigenvalue weighted by atomic mass is 9.85. The van der Waals surface area contributed by atoms with Gasteiger partial charge in [-0.1, -0.05) is 38.1 Å². The number of nitrogens with zero attached hydrogens (tertiary/aromatic N) is 2. The van der Waals surface area contributed by atoms with Crippen molar-refractivity contribution in [2.45, 2.75) is 39.5 Å². The number of hydrogen-bond donors (Lipinski definition) is 1. The van der Waals surface area contributed by atoms with Gasteiger partial charge in [-0.25, -0.2) is 0 Å². The summed E-state index contributed by atoms with van der Waals surface area (Å²) in [5.74, 6) is 1.65. The van der Waals surface area contributed by atoms with Gasteiger partial charge in [-0.15, -0.1) is 0 Å². The van der Waals surface area contributed by atoms with E-state index in [1.165, 1.54) is 11.1 Å². The van der Waals surface area contributed by atoms with Crippen LogP contribution in [0.3, 0.4) is 0 Å². The zero-order valence-electron chi connectivity index (χ0n) is 13.7. The van der Waals surface area contributed by atoms with Gasteiger partial charge in [0.2, 0.25) is 5.91 Å². The maximum atomic E-state index is 12.0. The third-order valence-corrected chi connectivity index (χ3v) is 4.29. The average molecular weight is 297 g/mol. The molecule has 1 aliphatic rings. The molecule has 3 rings (SSSR count). The van der Waals surface area contributed by atoms with Gasteiger partial charge in [0.05, 0.1) is 5.69 Å². The Labute approximate surface area is 131 Å². The standard InChI is InChI=1S/C18H23N3O/c1-11(2)9-13-5-7-14(8-6-13)15-10-16(22)19-18-17(15)12(3)20-21(18)4/h5-8,11,15H,9-10H2,1-4H3,(H,19,22)/t15-/m1/s1. The predicted octanol–water partition coefficient (Wildman–Crippen LogP) is 3.40. The van der Waals surface area contributed by atoms with Crippen molar-refractivity contribution in [2.75, 3.05) is 5.32 Å². The molecule has 0 fully saturated rings. The lowest BCUT2D eigenvalue weighted by Gasteiger charge is -2.24. The van der Waals surface area contributed by atoms with E-state index < -0.39 is 0 Å². The third-order valence-electron chi connectivity index (χ3n) is 4.29. The van der Waals surface area contributed by atoms with Gasteiger partial charge in [0.25, 0.3) is 0 Å². The predicted molar refractivity (Wildman–Crippen MR) is 88.0 cm³/mol.